The van der Waals surface area contributed by atoms with E-state index in [2.05, 4.69) is 4.98 Å². The Balaban J connectivity index is 1.82. The maximum atomic E-state index is 13.2. The third-order valence-electron chi connectivity index (χ3n) is 5.82. The average Bonchev–Trinajstić information content (AvgIpc) is 3.07. The minimum absolute atomic E-state index is 0.0578. The highest BCUT2D eigenvalue weighted by Crippen LogP contribution is 2.40. The molecule has 0 spiro atoms. The van der Waals surface area contributed by atoms with E-state index in [0.29, 0.717) is 23.5 Å². The van der Waals surface area contributed by atoms with E-state index in [4.69, 9.17) is 4.74 Å². The van der Waals surface area contributed by atoms with Gasteiger partial charge in [-0.05, 0) is 67.8 Å². The molecule has 1 fully saturated rings. The lowest BCUT2D eigenvalue weighted by atomic mass is 9.96. The van der Waals surface area contributed by atoms with Gasteiger partial charge in [0.2, 0.25) is 0 Å². The number of aliphatic hydroxyl groups excluding tert-OH is 1. The van der Waals surface area contributed by atoms with Crippen LogP contribution in [0.4, 0.5) is 0 Å². The molecule has 3 aromatic rings. The van der Waals surface area contributed by atoms with E-state index < -0.39 is 17.7 Å². The lowest BCUT2D eigenvalue weighted by molar-refractivity contribution is -0.140. The largest absolute Gasteiger partial charge is 0.507 e. The Kier molecular flexibility index (Phi) is 6.27. The van der Waals surface area contributed by atoms with Crippen molar-refractivity contribution in [3.63, 3.8) is 0 Å². The van der Waals surface area contributed by atoms with Crippen molar-refractivity contribution >= 4 is 17.4 Å². The van der Waals surface area contributed by atoms with Crippen molar-refractivity contribution in [1.29, 1.82) is 0 Å². The number of ketones is 1. The van der Waals surface area contributed by atoms with Crippen LogP contribution in [0.3, 0.4) is 0 Å². The fourth-order valence-electron chi connectivity index (χ4n) is 4.11. The molecule has 1 amide bonds. The van der Waals surface area contributed by atoms with Crippen LogP contribution in [-0.2, 0) is 16.1 Å². The van der Waals surface area contributed by atoms with Crippen LogP contribution in [0, 0.1) is 13.8 Å². The minimum Gasteiger partial charge on any atom is -0.507 e. The first-order chi connectivity index (χ1) is 15.9. The quantitative estimate of drug-likeness (QED) is 0.339. The third-order valence-corrected chi connectivity index (χ3v) is 5.82. The Morgan fingerprint density at radius 2 is 1.85 bits per heavy atom. The van der Waals surface area contributed by atoms with E-state index in [1.165, 1.54) is 4.90 Å². The number of carbonyl (C=O) groups excluding carboxylic acids is 2. The number of aryl methyl sites for hydroxylation is 2. The number of aliphatic hydroxyl groups is 1. The number of likely N-dealkylation sites (tertiary alicyclic amines) is 1. The number of Topliss-reactive ketones (excluding diaryl/α,β-unsaturated/α-hetero) is 1. The van der Waals surface area contributed by atoms with E-state index in [9.17, 15) is 14.7 Å². The zero-order chi connectivity index (χ0) is 23.5. The van der Waals surface area contributed by atoms with Crippen LogP contribution in [0.15, 0.2) is 72.6 Å². The Bertz CT molecular complexity index is 1220. The van der Waals surface area contributed by atoms with Gasteiger partial charge in [-0.25, -0.2) is 0 Å². The molecule has 33 heavy (non-hydrogen) atoms. The van der Waals surface area contributed by atoms with E-state index in [0.717, 1.165) is 16.7 Å². The molecule has 0 bridgehead atoms. The Labute approximate surface area is 193 Å². The summed E-state index contributed by atoms with van der Waals surface area (Å²) < 4.78 is 5.46. The molecular weight excluding hydrogens is 416 g/mol. The van der Waals surface area contributed by atoms with Gasteiger partial charge >= 0.3 is 0 Å². The molecule has 1 unspecified atom stereocenters. The van der Waals surface area contributed by atoms with E-state index in [-0.39, 0.29) is 17.9 Å². The fourth-order valence-corrected chi connectivity index (χ4v) is 4.11. The van der Waals surface area contributed by atoms with Gasteiger partial charge in [-0.2, -0.15) is 0 Å². The van der Waals surface area contributed by atoms with Crippen molar-refractivity contribution in [2.75, 3.05) is 6.61 Å². The van der Waals surface area contributed by atoms with Gasteiger partial charge in [-0.15, -0.1) is 0 Å². The number of ether oxygens (including phenoxy) is 1. The normalized spacial score (nSPS) is 17.4. The summed E-state index contributed by atoms with van der Waals surface area (Å²) in [6, 6.07) is 15.7. The molecule has 168 valence electrons. The maximum absolute atomic E-state index is 13.2. The van der Waals surface area contributed by atoms with Crippen LogP contribution in [-0.4, -0.2) is 33.3 Å². The molecule has 1 aromatic heterocycles. The van der Waals surface area contributed by atoms with E-state index in [1.807, 2.05) is 45.0 Å². The number of hydrogen-bond acceptors (Lipinski definition) is 5. The van der Waals surface area contributed by atoms with Crippen molar-refractivity contribution < 1.29 is 19.4 Å². The molecule has 2 heterocycles. The highest BCUT2D eigenvalue weighted by molar-refractivity contribution is 6.46. The van der Waals surface area contributed by atoms with Crippen LogP contribution in [0.5, 0.6) is 5.75 Å². The maximum Gasteiger partial charge on any atom is 0.295 e. The number of amides is 1. The van der Waals surface area contributed by atoms with Gasteiger partial charge in [0.1, 0.15) is 11.5 Å². The van der Waals surface area contributed by atoms with Crippen LogP contribution >= 0.6 is 0 Å². The smallest absolute Gasteiger partial charge is 0.295 e. The number of nitrogens with zero attached hydrogens (tertiary/aromatic N) is 2. The van der Waals surface area contributed by atoms with Crippen LogP contribution < -0.4 is 4.74 Å². The first-order valence-electron chi connectivity index (χ1n) is 10.9. The molecule has 6 heteroatoms. The summed E-state index contributed by atoms with van der Waals surface area (Å²) in [5.74, 6) is -0.903. The van der Waals surface area contributed by atoms with Crippen molar-refractivity contribution in [2.24, 2.45) is 0 Å². The van der Waals surface area contributed by atoms with Gasteiger partial charge in [-0.1, -0.05) is 29.8 Å². The standard InChI is InChI=1S/C27H26N2O4/c1-4-33-22-11-9-19(10-12-22)25(30)23-24(20-6-5-13-28-15-20)29(27(32)26(23)31)16-21-14-17(2)7-8-18(21)3/h5-15,24,30H,4,16H2,1-3H3/b25-23+. The topological polar surface area (TPSA) is 79.7 Å². The summed E-state index contributed by atoms with van der Waals surface area (Å²) in [7, 11) is 0. The van der Waals surface area contributed by atoms with Crippen molar-refractivity contribution in [1.82, 2.24) is 9.88 Å². The summed E-state index contributed by atoms with van der Waals surface area (Å²) in [6.45, 7) is 6.62. The van der Waals surface area contributed by atoms with Crippen LogP contribution in [0.2, 0.25) is 0 Å². The third kappa shape index (κ3) is 4.37. The molecule has 0 aliphatic carbocycles. The highest BCUT2D eigenvalue weighted by Gasteiger charge is 2.46. The number of rotatable bonds is 6. The molecule has 0 saturated carbocycles. The van der Waals surface area contributed by atoms with Gasteiger partial charge in [0.05, 0.1) is 18.2 Å². The van der Waals surface area contributed by atoms with Gasteiger partial charge in [0.25, 0.3) is 11.7 Å². The monoisotopic (exact) mass is 442 g/mol. The fraction of sp³-hybridized carbons (Fsp3) is 0.222. The summed E-state index contributed by atoms with van der Waals surface area (Å²) in [6.07, 6.45) is 3.25. The van der Waals surface area contributed by atoms with Crippen LogP contribution in [0.1, 0.15) is 40.8 Å². The summed E-state index contributed by atoms with van der Waals surface area (Å²) in [4.78, 5) is 32.0. The predicted octanol–water partition coefficient (Wildman–Crippen LogP) is 4.72. The summed E-state index contributed by atoms with van der Waals surface area (Å²) in [5.41, 5.74) is 4.21. The highest BCUT2D eigenvalue weighted by atomic mass is 16.5. The zero-order valence-corrected chi connectivity index (χ0v) is 18.9. The van der Waals surface area contributed by atoms with Gasteiger partial charge in [0, 0.05) is 24.5 Å². The predicted molar refractivity (Wildman–Crippen MR) is 126 cm³/mol. The molecule has 2 aromatic carbocycles. The van der Waals surface area contributed by atoms with E-state index in [1.54, 1.807) is 42.7 Å². The van der Waals surface area contributed by atoms with Gasteiger partial charge < -0.3 is 14.7 Å². The Morgan fingerprint density at radius 1 is 1.09 bits per heavy atom. The lowest BCUT2D eigenvalue weighted by Crippen LogP contribution is -2.29. The van der Waals surface area contributed by atoms with Crippen LogP contribution in [0.25, 0.3) is 5.76 Å². The number of hydrogen-bond donors (Lipinski definition) is 1. The Morgan fingerprint density at radius 3 is 2.52 bits per heavy atom. The van der Waals surface area contributed by atoms with E-state index >= 15 is 0 Å². The SMILES string of the molecule is CCOc1ccc(/C(O)=C2\C(=O)C(=O)N(Cc3cc(C)ccc3C)C2c2cccnc2)cc1. The average molecular weight is 443 g/mol. The first-order valence-corrected chi connectivity index (χ1v) is 10.9. The molecule has 4 rings (SSSR count). The second-order valence-electron chi connectivity index (χ2n) is 8.10. The molecule has 6 nitrogen and oxygen atoms in total. The summed E-state index contributed by atoms with van der Waals surface area (Å²) >= 11 is 0. The molecular formula is C27H26N2O4. The number of benzene rings is 2. The number of pyridine rings is 1. The van der Waals surface area contributed by atoms with Gasteiger partial charge in [0.15, 0.2) is 0 Å². The van der Waals surface area contributed by atoms with Crippen molar-refractivity contribution in [2.45, 2.75) is 33.4 Å². The zero-order valence-electron chi connectivity index (χ0n) is 18.9. The second-order valence-corrected chi connectivity index (χ2v) is 8.10. The number of carbonyl (C=O) groups is 2. The lowest BCUT2D eigenvalue weighted by Gasteiger charge is -2.26. The Hall–Kier alpha value is -3.93. The second kappa shape index (κ2) is 9.28. The number of aromatic nitrogens is 1. The van der Waals surface area contributed by atoms with Crippen molar-refractivity contribution in [3.05, 3.63) is 100 Å². The first kappa shape index (κ1) is 22.3. The molecule has 1 aliphatic heterocycles. The van der Waals surface area contributed by atoms with Crippen molar-refractivity contribution in [3.8, 4) is 5.75 Å². The molecule has 1 atom stereocenters. The minimum atomic E-state index is -0.745. The summed E-state index contributed by atoms with van der Waals surface area (Å²) in [5, 5.41) is 11.2. The van der Waals surface area contributed by atoms with Gasteiger partial charge in [-0.3, -0.25) is 14.6 Å². The molecule has 0 radical (unpaired) electrons. The molecule has 1 aliphatic rings. The molecule has 1 saturated heterocycles. The molecule has 1 N–H and O–H groups in total.